The SMILES string of the molecule is CC(=O)OC(CC(N)=O)C[N+](C)(C)C. The summed E-state index contributed by atoms with van der Waals surface area (Å²) in [5.41, 5.74) is 5.05. The van der Waals surface area contributed by atoms with Crippen LogP contribution in [-0.4, -0.2) is 50.2 Å². The largest absolute Gasteiger partial charge is 0.456 e. The first-order chi connectivity index (χ1) is 6.20. The second kappa shape index (κ2) is 4.95. The second-order valence-electron chi connectivity index (χ2n) is 4.37. The zero-order valence-electron chi connectivity index (χ0n) is 9.24. The summed E-state index contributed by atoms with van der Waals surface area (Å²) in [6.45, 7) is 1.90. The van der Waals surface area contributed by atoms with Crippen LogP contribution in [0.5, 0.6) is 0 Å². The average Bonchev–Trinajstić information content (AvgIpc) is 1.77. The number of likely N-dealkylation sites (N-methyl/N-ethyl adjacent to an activating group) is 1. The summed E-state index contributed by atoms with van der Waals surface area (Å²) in [5, 5.41) is 0. The topological polar surface area (TPSA) is 69.4 Å². The molecular weight excluding hydrogens is 184 g/mol. The molecule has 0 heterocycles. The van der Waals surface area contributed by atoms with E-state index in [0.717, 1.165) is 0 Å². The highest BCUT2D eigenvalue weighted by molar-refractivity contribution is 5.75. The van der Waals surface area contributed by atoms with E-state index in [9.17, 15) is 9.59 Å². The van der Waals surface area contributed by atoms with Crippen LogP contribution in [0.4, 0.5) is 0 Å². The molecule has 0 aliphatic heterocycles. The van der Waals surface area contributed by atoms with Crippen LogP contribution in [0.25, 0.3) is 0 Å². The first-order valence-corrected chi connectivity index (χ1v) is 4.46. The average molecular weight is 203 g/mol. The minimum Gasteiger partial charge on any atom is -0.456 e. The Morgan fingerprint density at radius 2 is 1.86 bits per heavy atom. The van der Waals surface area contributed by atoms with Gasteiger partial charge in [-0.05, 0) is 0 Å². The molecule has 0 saturated heterocycles. The van der Waals surface area contributed by atoms with Crippen LogP contribution in [0.15, 0.2) is 0 Å². The molecule has 0 aromatic rings. The number of rotatable bonds is 5. The Balaban J connectivity index is 4.24. The summed E-state index contributed by atoms with van der Waals surface area (Å²) in [5.74, 6) is -0.839. The van der Waals surface area contributed by atoms with Gasteiger partial charge in [0.2, 0.25) is 5.91 Å². The van der Waals surface area contributed by atoms with Gasteiger partial charge in [0.05, 0.1) is 27.6 Å². The van der Waals surface area contributed by atoms with Crippen molar-refractivity contribution in [3.05, 3.63) is 0 Å². The zero-order chi connectivity index (χ0) is 11.4. The summed E-state index contributed by atoms with van der Waals surface area (Å²) in [6.07, 6.45) is -0.347. The third-order valence-corrected chi connectivity index (χ3v) is 1.51. The van der Waals surface area contributed by atoms with E-state index >= 15 is 0 Å². The lowest BCUT2D eigenvalue weighted by Crippen LogP contribution is -2.44. The lowest BCUT2D eigenvalue weighted by atomic mass is 10.2. The number of quaternary nitrogens is 1. The summed E-state index contributed by atoms with van der Waals surface area (Å²) in [6, 6.07) is 0. The third kappa shape index (κ3) is 7.54. The first-order valence-electron chi connectivity index (χ1n) is 4.46. The molecule has 1 amide bonds. The molecule has 0 saturated carbocycles. The molecule has 2 N–H and O–H groups in total. The number of carbonyl (C=O) groups excluding carboxylic acids is 2. The molecule has 0 bridgehead atoms. The number of ether oxygens (including phenoxy) is 1. The van der Waals surface area contributed by atoms with E-state index in [-0.39, 0.29) is 12.4 Å². The fraction of sp³-hybridized carbons (Fsp3) is 0.778. The number of nitrogens with two attached hydrogens (primary N) is 1. The van der Waals surface area contributed by atoms with E-state index in [0.29, 0.717) is 11.0 Å². The van der Waals surface area contributed by atoms with Crippen molar-refractivity contribution in [1.82, 2.24) is 0 Å². The minimum absolute atomic E-state index is 0.0785. The number of primary amides is 1. The molecule has 5 heteroatoms. The maximum atomic E-state index is 10.7. The Morgan fingerprint density at radius 3 is 2.14 bits per heavy atom. The van der Waals surface area contributed by atoms with Gasteiger partial charge >= 0.3 is 5.97 Å². The summed E-state index contributed by atoms with van der Waals surface area (Å²) >= 11 is 0. The van der Waals surface area contributed by atoms with Crippen LogP contribution < -0.4 is 5.73 Å². The number of carbonyl (C=O) groups is 2. The highest BCUT2D eigenvalue weighted by atomic mass is 16.5. The van der Waals surface area contributed by atoms with Crippen LogP contribution >= 0.6 is 0 Å². The Kier molecular flexibility index (Phi) is 4.56. The van der Waals surface area contributed by atoms with Gasteiger partial charge in [-0.1, -0.05) is 0 Å². The number of amides is 1. The third-order valence-electron chi connectivity index (χ3n) is 1.51. The molecule has 14 heavy (non-hydrogen) atoms. The second-order valence-corrected chi connectivity index (χ2v) is 4.37. The van der Waals surface area contributed by atoms with Gasteiger partial charge in [-0.15, -0.1) is 0 Å². The van der Waals surface area contributed by atoms with Gasteiger partial charge in [0.1, 0.15) is 6.54 Å². The number of hydrogen-bond acceptors (Lipinski definition) is 3. The van der Waals surface area contributed by atoms with E-state index in [1.165, 1.54) is 6.92 Å². The molecule has 82 valence electrons. The first kappa shape index (κ1) is 12.9. The molecule has 0 spiro atoms. The fourth-order valence-corrected chi connectivity index (χ4v) is 1.21. The van der Waals surface area contributed by atoms with Crippen molar-refractivity contribution in [2.45, 2.75) is 19.4 Å². The molecule has 0 aliphatic carbocycles. The zero-order valence-corrected chi connectivity index (χ0v) is 9.24. The van der Waals surface area contributed by atoms with Gasteiger partial charge in [-0.2, -0.15) is 0 Å². The van der Waals surface area contributed by atoms with E-state index in [4.69, 9.17) is 10.5 Å². The van der Waals surface area contributed by atoms with Crippen molar-refractivity contribution in [2.75, 3.05) is 27.7 Å². The van der Waals surface area contributed by atoms with Gasteiger partial charge in [-0.25, -0.2) is 0 Å². The van der Waals surface area contributed by atoms with Crippen molar-refractivity contribution in [1.29, 1.82) is 0 Å². The smallest absolute Gasteiger partial charge is 0.303 e. The quantitative estimate of drug-likeness (QED) is 0.484. The molecule has 0 rings (SSSR count). The standard InChI is InChI=1S/C9H18N2O3/c1-7(12)14-8(5-9(10)13)6-11(2,3)4/h8H,5-6H2,1-4H3,(H-,10,13)/p+1. The Hall–Kier alpha value is -1.10. The van der Waals surface area contributed by atoms with E-state index in [1.807, 2.05) is 21.1 Å². The highest BCUT2D eigenvalue weighted by Gasteiger charge is 2.22. The van der Waals surface area contributed by atoms with Crippen molar-refractivity contribution < 1.29 is 18.8 Å². The van der Waals surface area contributed by atoms with Gasteiger partial charge < -0.3 is 15.0 Å². The number of hydrogen-bond donors (Lipinski definition) is 1. The molecule has 0 aliphatic rings. The fourth-order valence-electron chi connectivity index (χ4n) is 1.21. The van der Waals surface area contributed by atoms with Crippen molar-refractivity contribution in [2.24, 2.45) is 5.73 Å². The van der Waals surface area contributed by atoms with Gasteiger partial charge in [-0.3, -0.25) is 9.59 Å². The Morgan fingerprint density at radius 1 is 1.36 bits per heavy atom. The lowest BCUT2D eigenvalue weighted by Gasteiger charge is -2.28. The predicted molar refractivity (Wildman–Crippen MR) is 52.3 cm³/mol. The Bertz CT molecular complexity index is 205. The molecule has 0 aromatic carbocycles. The summed E-state index contributed by atoms with van der Waals surface area (Å²) in [7, 11) is 5.87. The molecule has 1 atom stereocenters. The van der Waals surface area contributed by atoms with Crippen molar-refractivity contribution in [3.63, 3.8) is 0 Å². The van der Waals surface area contributed by atoms with Crippen LogP contribution in [0.1, 0.15) is 13.3 Å². The van der Waals surface area contributed by atoms with Gasteiger partial charge in [0.25, 0.3) is 0 Å². The summed E-state index contributed by atoms with van der Waals surface area (Å²) < 4.78 is 5.60. The molecule has 0 radical (unpaired) electrons. The monoisotopic (exact) mass is 203 g/mol. The van der Waals surface area contributed by atoms with E-state index in [1.54, 1.807) is 0 Å². The molecule has 0 aromatic heterocycles. The molecule has 1 unspecified atom stereocenters. The molecular formula is C9H19N2O3+. The van der Waals surface area contributed by atoms with Gasteiger partial charge in [0.15, 0.2) is 6.10 Å². The minimum atomic E-state index is -0.454. The number of nitrogens with zero attached hydrogens (tertiary/aromatic N) is 1. The van der Waals surface area contributed by atoms with Gasteiger partial charge in [0, 0.05) is 6.92 Å². The van der Waals surface area contributed by atoms with Crippen molar-refractivity contribution >= 4 is 11.9 Å². The lowest BCUT2D eigenvalue weighted by molar-refractivity contribution is -0.873. The molecule has 0 fully saturated rings. The Labute approximate surface area is 84.4 Å². The maximum Gasteiger partial charge on any atom is 0.303 e. The van der Waals surface area contributed by atoms with E-state index in [2.05, 4.69) is 0 Å². The number of esters is 1. The van der Waals surface area contributed by atoms with Crippen LogP contribution in [-0.2, 0) is 14.3 Å². The van der Waals surface area contributed by atoms with Crippen LogP contribution in [0, 0.1) is 0 Å². The normalized spacial score (nSPS) is 13.4. The molecule has 5 nitrogen and oxygen atoms in total. The summed E-state index contributed by atoms with van der Waals surface area (Å²) in [4.78, 5) is 21.4. The van der Waals surface area contributed by atoms with Crippen LogP contribution in [0.2, 0.25) is 0 Å². The van der Waals surface area contributed by atoms with E-state index < -0.39 is 12.0 Å². The predicted octanol–water partition coefficient (Wildman–Crippen LogP) is -0.500. The van der Waals surface area contributed by atoms with Crippen molar-refractivity contribution in [3.8, 4) is 0 Å². The van der Waals surface area contributed by atoms with Crippen LogP contribution in [0.3, 0.4) is 0 Å². The maximum absolute atomic E-state index is 10.7. The highest BCUT2D eigenvalue weighted by Crippen LogP contribution is 2.04.